The fraction of sp³-hybridized carbons (Fsp3) is 0.733. The second-order valence-electron chi connectivity index (χ2n) is 5.16. The molecular weight excluding hydrogens is 304 g/mol. The van der Waals surface area contributed by atoms with Crippen LogP contribution in [0.3, 0.4) is 0 Å². The van der Waals surface area contributed by atoms with Gasteiger partial charge in [-0.2, -0.15) is 0 Å². The second kappa shape index (κ2) is 13.5. The number of hydrogen-bond donors (Lipinski definition) is 2. The van der Waals surface area contributed by atoms with Crippen molar-refractivity contribution in [3.8, 4) is 0 Å². The van der Waals surface area contributed by atoms with Crippen LogP contribution in [0.15, 0.2) is 0 Å². The number of nitrogens with two attached hydrogens (primary N) is 1. The molecule has 6 nitrogen and oxygen atoms in total. The summed E-state index contributed by atoms with van der Waals surface area (Å²) in [5.41, 5.74) is 5.50. The number of nitrogens with one attached hydrogen (secondary N) is 1. The van der Waals surface area contributed by atoms with Gasteiger partial charge in [0.1, 0.15) is 18.4 Å². The molecule has 1 amide bonds. The molecule has 0 aliphatic rings. The fourth-order valence-electron chi connectivity index (χ4n) is 1.76. The highest BCUT2D eigenvalue weighted by Crippen LogP contribution is 2.17. The van der Waals surface area contributed by atoms with Gasteiger partial charge in [-0.05, 0) is 31.9 Å². The molecule has 0 spiro atoms. The molecule has 0 saturated heterocycles. The molecule has 2 unspecified atom stereocenters. The molecule has 0 bridgehead atoms. The summed E-state index contributed by atoms with van der Waals surface area (Å²) < 4.78 is 0. The molecule has 0 aromatic rings. The van der Waals surface area contributed by atoms with Crippen LogP contribution in [0.2, 0.25) is 0 Å². The van der Waals surface area contributed by atoms with Crippen molar-refractivity contribution in [3.05, 3.63) is 0 Å². The molecule has 2 atom stereocenters. The third kappa shape index (κ3) is 11.4. The van der Waals surface area contributed by atoms with E-state index in [0.717, 1.165) is 25.5 Å². The molecule has 22 heavy (non-hydrogen) atoms. The first-order chi connectivity index (χ1) is 10.5. The predicted molar refractivity (Wildman–Crippen MR) is 87.7 cm³/mol. The Balaban J connectivity index is 4.07. The van der Waals surface area contributed by atoms with E-state index in [1.807, 2.05) is 0 Å². The molecule has 0 saturated carbocycles. The lowest BCUT2D eigenvalue weighted by molar-refractivity contribution is -0.124. The summed E-state index contributed by atoms with van der Waals surface area (Å²) in [6, 6.07) is -0.522. The Morgan fingerprint density at radius 2 is 1.95 bits per heavy atom. The summed E-state index contributed by atoms with van der Waals surface area (Å²) in [5.74, 6) is 0.360. The Labute approximate surface area is 136 Å². The molecule has 0 rings (SSSR count). The van der Waals surface area contributed by atoms with Crippen molar-refractivity contribution in [2.24, 2.45) is 5.73 Å². The maximum Gasteiger partial charge on any atom is 0.233 e. The molecular formula is C15H26N2O4S. The highest BCUT2D eigenvalue weighted by molar-refractivity contribution is 8.00. The van der Waals surface area contributed by atoms with E-state index in [1.54, 1.807) is 0 Å². The molecule has 0 aliphatic carbocycles. The zero-order valence-electron chi connectivity index (χ0n) is 13.1. The summed E-state index contributed by atoms with van der Waals surface area (Å²) in [7, 11) is 0. The van der Waals surface area contributed by atoms with Crippen molar-refractivity contribution < 1.29 is 19.2 Å². The van der Waals surface area contributed by atoms with Gasteiger partial charge in [-0.1, -0.05) is 6.42 Å². The molecule has 0 radical (unpaired) electrons. The van der Waals surface area contributed by atoms with E-state index in [-0.39, 0.29) is 18.1 Å². The summed E-state index contributed by atoms with van der Waals surface area (Å²) in [6.07, 6.45) is 5.31. The largest absolute Gasteiger partial charge is 0.355 e. The number of ketones is 1. The van der Waals surface area contributed by atoms with Gasteiger partial charge in [0.2, 0.25) is 5.91 Å². The van der Waals surface area contributed by atoms with E-state index >= 15 is 0 Å². The number of Topliss-reactive ketones (excluding diaryl/α,β-unsaturated/α-hetero) is 1. The Bertz CT molecular complexity index is 363. The van der Waals surface area contributed by atoms with Gasteiger partial charge in [0.25, 0.3) is 0 Å². The van der Waals surface area contributed by atoms with Gasteiger partial charge in [0.15, 0.2) is 0 Å². The lowest BCUT2D eigenvalue weighted by atomic mass is 10.2. The summed E-state index contributed by atoms with van der Waals surface area (Å²) in [4.78, 5) is 43.9. The SMILES string of the molecule is CC(=O)CC(SCCC(N)C=O)C(=O)NCCCCCC=O. The maximum atomic E-state index is 12.1. The summed E-state index contributed by atoms with van der Waals surface area (Å²) in [6.45, 7) is 2.00. The summed E-state index contributed by atoms with van der Waals surface area (Å²) >= 11 is 1.36. The van der Waals surface area contributed by atoms with Crippen LogP contribution in [0.5, 0.6) is 0 Å². The number of carbonyl (C=O) groups excluding carboxylic acids is 4. The smallest absolute Gasteiger partial charge is 0.233 e. The average Bonchev–Trinajstić information content (AvgIpc) is 2.48. The van der Waals surface area contributed by atoms with E-state index < -0.39 is 11.3 Å². The molecule has 0 fully saturated rings. The first-order valence-electron chi connectivity index (χ1n) is 7.54. The Morgan fingerprint density at radius 1 is 1.23 bits per heavy atom. The number of carbonyl (C=O) groups is 4. The van der Waals surface area contributed by atoms with Crippen LogP contribution < -0.4 is 11.1 Å². The third-order valence-electron chi connectivity index (χ3n) is 3.01. The van der Waals surface area contributed by atoms with Gasteiger partial charge in [-0.25, -0.2) is 0 Å². The molecule has 0 aliphatic heterocycles. The zero-order chi connectivity index (χ0) is 16.8. The minimum Gasteiger partial charge on any atom is -0.355 e. The zero-order valence-corrected chi connectivity index (χ0v) is 13.9. The van der Waals surface area contributed by atoms with Gasteiger partial charge in [-0.3, -0.25) is 9.59 Å². The monoisotopic (exact) mass is 330 g/mol. The highest BCUT2D eigenvalue weighted by Gasteiger charge is 2.20. The second-order valence-corrected chi connectivity index (χ2v) is 6.47. The van der Waals surface area contributed by atoms with Gasteiger partial charge in [0.05, 0.1) is 11.3 Å². The van der Waals surface area contributed by atoms with Gasteiger partial charge < -0.3 is 20.6 Å². The number of unbranched alkanes of at least 4 members (excludes halogenated alkanes) is 3. The molecule has 126 valence electrons. The van der Waals surface area contributed by atoms with Crippen LogP contribution in [0, 0.1) is 0 Å². The van der Waals surface area contributed by atoms with E-state index in [9.17, 15) is 19.2 Å². The van der Waals surface area contributed by atoms with Crippen LogP contribution in [0.4, 0.5) is 0 Å². The van der Waals surface area contributed by atoms with Crippen molar-refractivity contribution in [3.63, 3.8) is 0 Å². The van der Waals surface area contributed by atoms with Crippen molar-refractivity contribution in [2.45, 2.75) is 56.7 Å². The van der Waals surface area contributed by atoms with E-state index in [1.165, 1.54) is 18.7 Å². The van der Waals surface area contributed by atoms with Gasteiger partial charge in [-0.15, -0.1) is 11.8 Å². The molecule has 0 aromatic heterocycles. The number of rotatable bonds is 14. The van der Waals surface area contributed by atoms with Crippen molar-refractivity contribution in [1.29, 1.82) is 0 Å². The van der Waals surface area contributed by atoms with Crippen LogP contribution >= 0.6 is 11.8 Å². The van der Waals surface area contributed by atoms with Crippen LogP contribution in [-0.2, 0) is 19.2 Å². The maximum absolute atomic E-state index is 12.1. The van der Waals surface area contributed by atoms with Crippen LogP contribution in [-0.4, -0.2) is 47.9 Å². The fourth-order valence-corrected chi connectivity index (χ4v) is 3.04. The van der Waals surface area contributed by atoms with Gasteiger partial charge >= 0.3 is 0 Å². The standard InChI is InChI=1S/C15H26N2O4S/c1-12(20)10-14(22-9-6-13(16)11-19)15(21)17-7-4-2-3-5-8-18/h8,11,13-14H,2-7,9-10,16H2,1H3,(H,17,21). The van der Waals surface area contributed by atoms with E-state index in [2.05, 4.69) is 5.32 Å². The quantitative estimate of drug-likeness (QED) is 0.361. The predicted octanol–water partition coefficient (Wildman–Crippen LogP) is 0.859. The minimum atomic E-state index is -0.522. The van der Waals surface area contributed by atoms with E-state index in [4.69, 9.17) is 5.73 Å². The van der Waals surface area contributed by atoms with Crippen molar-refractivity contribution >= 4 is 36.0 Å². The topological polar surface area (TPSA) is 106 Å². The Kier molecular flexibility index (Phi) is 12.7. The minimum absolute atomic E-state index is 0.0432. The lowest BCUT2D eigenvalue weighted by Crippen LogP contribution is -2.35. The molecule has 3 N–H and O–H groups in total. The number of aldehydes is 2. The Hall–Kier alpha value is -1.21. The average molecular weight is 330 g/mol. The summed E-state index contributed by atoms with van der Waals surface area (Å²) in [5, 5.41) is 2.38. The Morgan fingerprint density at radius 3 is 2.55 bits per heavy atom. The first kappa shape index (κ1) is 20.8. The van der Waals surface area contributed by atoms with Crippen LogP contribution in [0.1, 0.15) is 45.4 Å². The highest BCUT2D eigenvalue weighted by atomic mass is 32.2. The normalized spacial score (nSPS) is 13.2. The third-order valence-corrected chi connectivity index (χ3v) is 4.26. The van der Waals surface area contributed by atoms with Crippen molar-refractivity contribution in [1.82, 2.24) is 5.32 Å². The van der Waals surface area contributed by atoms with E-state index in [0.29, 0.717) is 31.4 Å². The molecule has 0 aromatic carbocycles. The molecule has 7 heteroatoms. The number of thioether (sulfide) groups is 1. The van der Waals surface area contributed by atoms with Gasteiger partial charge in [0, 0.05) is 19.4 Å². The molecule has 0 heterocycles. The van der Waals surface area contributed by atoms with Crippen molar-refractivity contribution in [2.75, 3.05) is 12.3 Å². The number of hydrogen-bond acceptors (Lipinski definition) is 6. The lowest BCUT2D eigenvalue weighted by Gasteiger charge is -2.15. The van der Waals surface area contributed by atoms with Crippen LogP contribution in [0.25, 0.3) is 0 Å². The first-order valence-corrected chi connectivity index (χ1v) is 8.59. The number of amides is 1.